The number of hydrogen-bond donors (Lipinski definition) is 1. The molecule has 1 fully saturated rings. The van der Waals surface area contributed by atoms with Gasteiger partial charge in [-0.2, -0.15) is 0 Å². The SMILES string of the molecule is CCC(Cc1ccccc1Br)C(=O)N1CCCC(CCC(=O)O)C1. The van der Waals surface area contributed by atoms with Crippen LogP contribution in [-0.4, -0.2) is 35.0 Å². The van der Waals surface area contributed by atoms with E-state index in [0.717, 1.165) is 42.3 Å². The molecule has 1 aromatic rings. The van der Waals surface area contributed by atoms with E-state index in [1.165, 1.54) is 0 Å². The Kier molecular flexibility index (Phi) is 7.28. The van der Waals surface area contributed by atoms with Crippen molar-refractivity contribution in [3.8, 4) is 0 Å². The molecule has 0 spiro atoms. The average Bonchev–Trinajstić information content (AvgIpc) is 2.59. The van der Waals surface area contributed by atoms with Crippen molar-refractivity contribution < 1.29 is 14.7 Å². The molecule has 1 N–H and O–H groups in total. The van der Waals surface area contributed by atoms with E-state index in [0.29, 0.717) is 18.9 Å². The van der Waals surface area contributed by atoms with Gasteiger partial charge in [0.25, 0.3) is 0 Å². The van der Waals surface area contributed by atoms with Crippen molar-refractivity contribution in [2.24, 2.45) is 11.8 Å². The van der Waals surface area contributed by atoms with E-state index >= 15 is 0 Å². The summed E-state index contributed by atoms with van der Waals surface area (Å²) in [5.41, 5.74) is 1.16. The van der Waals surface area contributed by atoms with Crippen LogP contribution in [0.15, 0.2) is 28.7 Å². The van der Waals surface area contributed by atoms with Crippen LogP contribution in [0.4, 0.5) is 0 Å². The Morgan fingerprint density at radius 1 is 1.38 bits per heavy atom. The van der Waals surface area contributed by atoms with Gasteiger partial charge in [0.1, 0.15) is 0 Å². The van der Waals surface area contributed by atoms with Crippen LogP contribution in [0.2, 0.25) is 0 Å². The Balaban J connectivity index is 1.97. The van der Waals surface area contributed by atoms with Gasteiger partial charge in [0.2, 0.25) is 5.91 Å². The zero-order valence-electron chi connectivity index (χ0n) is 14.2. The molecule has 132 valence electrons. The number of nitrogens with zero attached hydrogens (tertiary/aromatic N) is 1. The molecule has 0 saturated carbocycles. The van der Waals surface area contributed by atoms with Crippen LogP contribution in [0.5, 0.6) is 0 Å². The molecule has 2 rings (SSSR count). The summed E-state index contributed by atoms with van der Waals surface area (Å²) in [5, 5.41) is 8.85. The highest BCUT2D eigenvalue weighted by Crippen LogP contribution is 2.26. The van der Waals surface area contributed by atoms with E-state index in [4.69, 9.17) is 5.11 Å². The Bertz CT molecular complexity index is 575. The van der Waals surface area contributed by atoms with Gasteiger partial charge in [0, 0.05) is 29.9 Å². The standard InChI is InChI=1S/C19H26BrNO3/c1-2-15(12-16-7-3-4-8-17(16)20)19(24)21-11-5-6-14(13-21)9-10-18(22)23/h3-4,7-8,14-15H,2,5-6,9-13H2,1H3,(H,22,23). The molecule has 1 aliphatic rings. The summed E-state index contributed by atoms with van der Waals surface area (Å²) in [7, 11) is 0. The average molecular weight is 396 g/mol. The van der Waals surface area contributed by atoms with E-state index in [1.807, 2.05) is 23.1 Å². The van der Waals surface area contributed by atoms with Gasteiger partial charge in [0.15, 0.2) is 0 Å². The normalized spacial score (nSPS) is 19.1. The molecule has 5 heteroatoms. The van der Waals surface area contributed by atoms with Gasteiger partial charge < -0.3 is 10.0 Å². The minimum atomic E-state index is -0.751. The van der Waals surface area contributed by atoms with E-state index in [2.05, 4.69) is 28.9 Å². The first-order valence-electron chi connectivity index (χ1n) is 8.75. The highest BCUT2D eigenvalue weighted by Gasteiger charge is 2.28. The first kappa shape index (κ1) is 19.0. The van der Waals surface area contributed by atoms with Gasteiger partial charge >= 0.3 is 5.97 Å². The Morgan fingerprint density at radius 3 is 2.79 bits per heavy atom. The molecule has 1 aromatic carbocycles. The van der Waals surface area contributed by atoms with Crippen molar-refractivity contribution in [1.82, 2.24) is 4.90 Å². The monoisotopic (exact) mass is 395 g/mol. The lowest BCUT2D eigenvalue weighted by Crippen LogP contribution is -2.43. The Hall–Kier alpha value is -1.36. The minimum absolute atomic E-state index is 0.0121. The molecule has 24 heavy (non-hydrogen) atoms. The van der Waals surface area contributed by atoms with Crippen LogP contribution in [-0.2, 0) is 16.0 Å². The molecule has 1 saturated heterocycles. The van der Waals surface area contributed by atoms with Crippen LogP contribution >= 0.6 is 15.9 Å². The van der Waals surface area contributed by atoms with Crippen LogP contribution < -0.4 is 0 Å². The first-order chi connectivity index (χ1) is 11.5. The van der Waals surface area contributed by atoms with Gasteiger partial charge in [-0.25, -0.2) is 0 Å². The highest BCUT2D eigenvalue weighted by molar-refractivity contribution is 9.10. The van der Waals surface area contributed by atoms with Gasteiger partial charge in [-0.1, -0.05) is 41.1 Å². The molecular formula is C19H26BrNO3. The predicted octanol–water partition coefficient (Wildman–Crippen LogP) is 4.12. The second-order valence-corrected chi connectivity index (χ2v) is 7.48. The highest BCUT2D eigenvalue weighted by atomic mass is 79.9. The fourth-order valence-electron chi connectivity index (χ4n) is 3.42. The maximum atomic E-state index is 12.9. The van der Waals surface area contributed by atoms with Gasteiger partial charge in [-0.3, -0.25) is 9.59 Å². The zero-order chi connectivity index (χ0) is 17.5. The van der Waals surface area contributed by atoms with Crippen LogP contribution in [0.3, 0.4) is 0 Å². The summed E-state index contributed by atoms with van der Waals surface area (Å²) < 4.78 is 1.05. The van der Waals surface area contributed by atoms with Crippen molar-refractivity contribution in [3.63, 3.8) is 0 Å². The second-order valence-electron chi connectivity index (χ2n) is 6.63. The number of carboxylic acid groups (broad SMARTS) is 1. The van der Waals surface area contributed by atoms with E-state index < -0.39 is 5.97 Å². The number of aliphatic carboxylic acids is 1. The molecule has 1 amide bonds. The van der Waals surface area contributed by atoms with Crippen molar-refractivity contribution in [1.29, 1.82) is 0 Å². The van der Waals surface area contributed by atoms with Gasteiger partial charge in [-0.05, 0) is 49.7 Å². The van der Waals surface area contributed by atoms with Crippen LogP contribution in [0, 0.1) is 11.8 Å². The number of carboxylic acids is 1. The summed E-state index contributed by atoms with van der Waals surface area (Å²) in [6, 6.07) is 8.05. The fraction of sp³-hybridized carbons (Fsp3) is 0.579. The molecule has 0 bridgehead atoms. The number of carbonyl (C=O) groups excluding carboxylic acids is 1. The molecule has 2 atom stereocenters. The van der Waals surface area contributed by atoms with Crippen molar-refractivity contribution in [2.75, 3.05) is 13.1 Å². The van der Waals surface area contributed by atoms with E-state index in [9.17, 15) is 9.59 Å². The Labute approximate surface area is 152 Å². The van der Waals surface area contributed by atoms with Gasteiger partial charge in [-0.15, -0.1) is 0 Å². The number of halogens is 1. The third kappa shape index (κ3) is 5.33. The molecule has 2 unspecified atom stereocenters. The van der Waals surface area contributed by atoms with Crippen LogP contribution in [0.25, 0.3) is 0 Å². The third-order valence-corrected chi connectivity index (χ3v) is 5.64. The lowest BCUT2D eigenvalue weighted by molar-refractivity contribution is -0.138. The van der Waals surface area contributed by atoms with E-state index in [1.54, 1.807) is 0 Å². The number of carbonyl (C=O) groups is 2. The summed E-state index contributed by atoms with van der Waals surface area (Å²) in [4.78, 5) is 25.6. The largest absolute Gasteiger partial charge is 0.481 e. The molecule has 0 radical (unpaired) electrons. The Morgan fingerprint density at radius 2 is 2.12 bits per heavy atom. The summed E-state index contributed by atoms with van der Waals surface area (Å²) in [6.07, 6.45) is 4.42. The third-order valence-electron chi connectivity index (χ3n) is 4.86. The molecule has 1 aliphatic heterocycles. The maximum Gasteiger partial charge on any atom is 0.303 e. The van der Waals surface area contributed by atoms with Gasteiger partial charge in [0.05, 0.1) is 0 Å². The lowest BCUT2D eigenvalue weighted by atomic mass is 9.90. The molecule has 0 aliphatic carbocycles. The number of benzene rings is 1. The first-order valence-corrected chi connectivity index (χ1v) is 9.54. The number of hydrogen-bond acceptors (Lipinski definition) is 2. The predicted molar refractivity (Wildman–Crippen MR) is 97.8 cm³/mol. The number of piperidine rings is 1. The lowest BCUT2D eigenvalue weighted by Gasteiger charge is -2.35. The van der Waals surface area contributed by atoms with Crippen LogP contribution in [0.1, 0.15) is 44.6 Å². The molecule has 0 aromatic heterocycles. The molecule has 1 heterocycles. The maximum absolute atomic E-state index is 12.9. The van der Waals surface area contributed by atoms with Crippen molar-refractivity contribution >= 4 is 27.8 Å². The number of likely N-dealkylation sites (tertiary alicyclic amines) is 1. The summed E-state index contributed by atoms with van der Waals surface area (Å²) in [5.74, 6) is -0.228. The summed E-state index contributed by atoms with van der Waals surface area (Å²) >= 11 is 3.56. The number of amides is 1. The second kappa shape index (κ2) is 9.21. The summed E-state index contributed by atoms with van der Waals surface area (Å²) in [6.45, 7) is 3.57. The zero-order valence-corrected chi connectivity index (χ0v) is 15.8. The smallest absolute Gasteiger partial charge is 0.303 e. The fourth-order valence-corrected chi connectivity index (χ4v) is 3.87. The topological polar surface area (TPSA) is 57.6 Å². The quantitative estimate of drug-likeness (QED) is 0.754. The minimum Gasteiger partial charge on any atom is -0.481 e. The van der Waals surface area contributed by atoms with Crippen molar-refractivity contribution in [2.45, 2.75) is 45.4 Å². The number of rotatable bonds is 7. The van der Waals surface area contributed by atoms with Crippen molar-refractivity contribution in [3.05, 3.63) is 34.3 Å². The van der Waals surface area contributed by atoms with E-state index in [-0.39, 0.29) is 18.2 Å². The molecular weight excluding hydrogens is 370 g/mol. The molecule has 4 nitrogen and oxygen atoms in total.